The summed E-state index contributed by atoms with van der Waals surface area (Å²) in [5.41, 5.74) is 0.557. The quantitative estimate of drug-likeness (QED) is 0.573. The van der Waals surface area contributed by atoms with Crippen LogP contribution < -0.4 is 0 Å². The molecule has 2 nitrogen and oxygen atoms in total. The first-order valence-electron chi connectivity index (χ1n) is 4.97. The topological polar surface area (TPSA) is 20.3 Å². The number of rotatable bonds is 2. The molecule has 2 rings (SSSR count). The molecule has 1 saturated heterocycles. The van der Waals surface area contributed by atoms with Gasteiger partial charge in [-0.3, -0.25) is 4.79 Å². The third kappa shape index (κ3) is 1.13. The first kappa shape index (κ1) is 8.09. The fourth-order valence-electron chi connectivity index (χ4n) is 2.85. The van der Waals surface area contributed by atoms with Gasteiger partial charge in [-0.15, -0.1) is 0 Å². The minimum atomic E-state index is 0.557. The number of nitrogens with zero attached hydrogens (tertiary/aromatic N) is 1. The van der Waals surface area contributed by atoms with Gasteiger partial charge in [0.15, 0.2) is 0 Å². The lowest BCUT2D eigenvalue weighted by molar-refractivity contribution is -0.118. The summed E-state index contributed by atoms with van der Waals surface area (Å²) in [6, 6.07) is 0. The van der Waals surface area contributed by atoms with Gasteiger partial charge in [0.1, 0.15) is 0 Å². The summed E-state index contributed by atoms with van der Waals surface area (Å²) in [6.07, 6.45) is 6.32. The van der Waals surface area contributed by atoms with Crippen LogP contribution in [0.25, 0.3) is 0 Å². The smallest absolute Gasteiger partial charge is 0.209 e. The molecule has 1 heterocycles. The Kier molecular flexibility index (Phi) is 1.85. The van der Waals surface area contributed by atoms with Gasteiger partial charge in [-0.05, 0) is 30.6 Å². The number of likely N-dealkylation sites (tertiary alicyclic amines) is 1. The van der Waals surface area contributed by atoms with Crippen LogP contribution >= 0.6 is 0 Å². The zero-order valence-corrected chi connectivity index (χ0v) is 7.75. The van der Waals surface area contributed by atoms with Gasteiger partial charge in [-0.25, -0.2) is 0 Å². The molecule has 1 spiro atoms. The van der Waals surface area contributed by atoms with Crippen molar-refractivity contribution in [1.82, 2.24) is 4.90 Å². The third-order valence-corrected chi connectivity index (χ3v) is 3.64. The number of hydrogen-bond acceptors (Lipinski definition) is 1. The third-order valence-electron chi connectivity index (χ3n) is 3.64. The number of carbonyl (C=O) groups excluding carboxylic acids is 1. The Balaban J connectivity index is 1.88. The molecule has 0 aromatic rings. The van der Waals surface area contributed by atoms with Crippen molar-refractivity contribution in [2.24, 2.45) is 11.3 Å². The number of carbonyl (C=O) groups is 1. The molecule has 2 aliphatic rings. The summed E-state index contributed by atoms with van der Waals surface area (Å²) in [7, 11) is 0. The standard InChI is InChI=1S/C10H17NO/c1-2-9-5-10(6-9)3-4-11(7-10)8-12/h8-9H,2-7H2,1H3. The van der Waals surface area contributed by atoms with E-state index in [2.05, 4.69) is 6.92 Å². The van der Waals surface area contributed by atoms with Crippen LogP contribution in [0.1, 0.15) is 32.6 Å². The summed E-state index contributed by atoms with van der Waals surface area (Å²) < 4.78 is 0. The average molecular weight is 167 g/mol. The highest BCUT2D eigenvalue weighted by Gasteiger charge is 2.47. The summed E-state index contributed by atoms with van der Waals surface area (Å²) in [6.45, 7) is 4.30. The molecule has 2 heteroatoms. The Bertz CT molecular complexity index is 184. The molecular weight excluding hydrogens is 150 g/mol. The molecule has 1 aliphatic heterocycles. The number of amides is 1. The Morgan fingerprint density at radius 1 is 1.58 bits per heavy atom. The summed E-state index contributed by atoms with van der Waals surface area (Å²) in [5.74, 6) is 0.955. The summed E-state index contributed by atoms with van der Waals surface area (Å²) >= 11 is 0. The van der Waals surface area contributed by atoms with Crippen molar-refractivity contribution < 1.29 is 4.79 Å². The van der Waals surface area contributed by atoms with Crippen molar-refractivity contribution >= 4 is 6.41 Å². The maximum atomic E-state index is 10.5. The van der Waals surface area contributed by atoms with E-state index in [1.807, 2.05) is 4.90 Å². The lowest BCUT2D eigenvalue weighted by atomic mass is 9.61. The van der Waals surface area contributed by atoms with Crippen LogP contribution in [0.4, 0.5) is 0 Å². The molecule has 0 bridgehead atoms. The van der Waals surface area contributed by atoms with E-state index in [1.165, 1.54) is 25.7 Å². The second-order valence-electron chi connectivity index (χ2n) is 4.51. The van der Waals surface area contributed by atoms with Crippen molar-refractivity contribution in [2.75, 3.05) is 13.1 Å². The Morgan fingerprint density at radius 3 is 2.83 bits per heavy atom. The SMILES string of the molecule is CCC1CC2(CCN(C=O)C2)C1. The van der Waals surface area contributed by atoms with Crippen LogP contribution in [0.15, 0.2) is 0 Å². The molecule has 0 atom stereocenters. The van der Waals surface area contributed by atoms with Gasteiger partial charge >= 0.3 is 0 Å². The van der Waals surface area contributed by atoms with Crippen LogP contribution in [0.3, 0.4) is 0 Å². The molecule has 12 heavy (non-hydrogen) atoms. The van der Waals surface area contributed by atoms with Gasteiger partial charge in [-0.2, -0.15) is 0 Å². The Hall–Kier alpha value is -0.530. The van der Waals surface area contributed by atoms with E-state index < -0.39 is 0 Å². The normalized spacial score (nSPS) is 40.1. The molecular formula is C10H17NO. The van der Waals surface area contributed by atoms with Gasteiger partial charge in [-0.1, -0.05) is 13.3 Å². The fourth-order valence-corrected chi connectivity index (χ4v) is 2.85. The maximum absolute atomic E-state index is 10.5. The van der Waals surface area contributed by atoms with E-state index in [1.54, 1.807) is 0 Å². The van der Waals surface area contributed by atoms with Gasteiger partial charge in [0.05, 0.1) is 0 Å². The molecule has 1 saturated carbocycles. The first-order chi connectivity index (χ1) is 5.78. The molecule has 1 aliphatic carbocycles. The number of hydrogen-bond donors (Lipinski definition) is 0. The molecule has 2 fully saturated rings. The molecule has 0 N–H and O–H groups in total. The van der Waals surface area contributed by atoms with E-state index in [-0.39, 0.29) is 0 Å². The highest BCUT2D eigenvalue weighted by atomic mass is 16.1. The zero-order chi connectivity index (χ0) is 8.60. The van der Waals surface area contributed by atoms with Crippen LogP contribution in [0.5, 0.6) is 0 Å². The molecule has 0 unspecified atom stereocenters. The van der Waals surface area contributed by atoms with Crippen LogP contribution in [-0.4, -0.2) is 24.4 Å². The molecule has 0 aromatic carbocycles. The van der Waals surface area contributed by atoms with Crippen LogP contribution in [-0.2, 0) is 4.79 Å². The van der Waals surface area contributed by atoms with Crippen LogP contribution in [0.2, 0.25) is 0 Å². The van der Waals surface area contributed by atoms with Crippen molar-refractivity contribution in [3.8, 4) is 0 Å². The molecule has 0 radical (unpaired) electrons. The maximum Gasteiger partial charge on any atom is 0.209 e. The molecule has 68 valence electrons. The summed E-state index contributed by atoms with van der Waals surface area (Å²) in [4.78, 5) is 12.4. The second kappa shape index (κ2) is 2.75. The minimum absolute atomic E-state index is 0.557. The van der Waals surface area contributed by atoms with E-state index in [4.69, 9.17) is 0 Å². The largest absolute Gasteiger partial charge is 0.345 e. The van der Waals surface area contributed by atoms with E-state index in [0.717, 1.165) is 25.4 Å². The predicted octanol–water partition coefficient (Wildman–Crippen LogP) is 1.65. The first-order valence-corrected chi connectivity index (χ1v) is 4.97. The highest BCUT2D eigenvalue weighted by molar-refractivity contribution is 5.48. The highest BCUT2D eigenvalue weighted by Crippen LogP contribution is 2.52. The van der Waals surface area contributed by atoms with Gasteiger partial charge in [0.2, 0.25) is 6.41 Å². The van der Waals surface area contributed by atoms with E-state index in [9.17, 15) is 4.79 Å². The lowest BCUT2D eigenvalue weighted by Crippen LogP contribution is -2.39. The average Bonchev–Trinajstić information content (AvgIpc) is 2.45. The van der Waals surface area contributed by atoms with Gasteiger partial charge < -0.3 is 4.90 Å². The van der Waals surface area contributed by atoms with Crippen LogP contribution in [0, 0.1) is 11.3 Å². The Morgan fingerprint density at radius 2 is 2.33 bits per heavy atom. The molecule has 0 aromatic heterocycles. The second-order valence-corrected chi connectivity index (χ2v) is 4.51. The predicted molar refractivity (Wildman–Crippen MR) is 47.7 cm³/mol. The zero-order valence-electron chi connectivity index (χ0n) is 7.75. The van der Waals surface area contributed by atoms with E-state index in [0.29, 0.717) is 5.41 Å². The van der Waals surface area contributed by atoms with Crippen molar-refractivity contribution in [1.29, 1.82) is 0 Å². The lowest BCUT2D eigenvalue weighted by Gasteiger charge is -2.44. The minimum Gasteiger partial charge on any atom is -0.345 e. The fraction of sp³-hybridized carbons (Fsp3) is 0.900. The molecule has 1 amide bonds. The monoisotopic (exact) mass is 167 g/mol. The Labute approximate surface area is 73.9 Å². The van der Waals surface area contributed by atoms with Gasteiger partial charge in [0.25, 0.3) is 0 Å². The van der Waals surface area contributed by atoms with E-state index >= 15 is 0 Å². The van der Waals surface area contributed by atoms with Gasteiger partial charge in [0, 0.05) is 13.1 Å². The van der Waals surface area contributed by atoms with Crippen molar-refractivity contribution in [3.63, 3.8) is 0 Å². The van der Waals surface area contributed by atoms with Crippen molar-refractivity contribution in [2.45, 2.75) is 32.6 Å². The summed E-state index contributed by atoms with van der Waals surface area (Å²) in [5, 5.41) is 0. The van der Waals surface area contributed by atoms with Crippen molar-refractivity contribution in [3.05, 3.63) is 0 Å².